The van der Waals surface area contributed by atoms with E-state index in [1.165, 1.54) is 295 Å². The van der Waals surface area contributed by atoms with Crippen molar-refractivity contribution in [2.45, 2.75) is 490 Å². The van der Waals surface area contributed by atoms with Gasteiger partial charge < -0.3 is 33.8 Å². The van der Waals surface area contributed by atoms with E-state index in [4.69, 9.17) is 37.0 Å². The molecule has 17 nitrogen and oxygen atoms in total. The predicted molar refractivity (Wildman–Crippen MR) is 437 cm³/mol. The van der Waals surface area contributed by atoms with Crippen LogP contribution < -0.4 is 0 Å². The molecule has 3 N–H and O–H groups in total. The Kier molecular flexibility index (Phi) is 78.2. The van der Waals surface area contributed by atoms with Gasteiger partial charge in [0, 0.05) is 25.7 Å². The van der Waals surface area contributed by atoms with Crippen LogP contribution in [-0.4, -0.2) is 96.7 Å². The first kappa shape index (κ1) is 104. The molecule has 0 bridgehead atoms. The Morgan fingerprint density at radius 1 is 0.255 bits per heavy atom. The van der Waals surface area contributed by atoms with Gasteiger partial charge in [-0.05, 0) is 31.6 Å². The van der Waals surface area contributed by atoms with Crippen LogP contribution in [0.4, 0.5) is 0 Å². The van der Waals surface area contributed by atoms with Crippen LogP contribution in [0.15, 0.2) is 0 Å². The predicted octanol–water partition coefficient (Wildman–Crippen LogP) is 26.8. The maximum atomic E-state index is 13.2. The lowest BCUT2D eigenvalue weighted by atomic mass is 10.0. The summed E-state index contributed by atoms with van der Waals surface area (Å²) in [6, 6.07) is 0. The van der Waals surface area contributed by atoms with Crippen LogP contribution >= 0.6 is 15.6 Å². The van der Waals surface area contributed by atoms with Crippen LogP contribution in [0.5, 0.6) is 0 Å². The molecule has 106 heavy (non-hydrogen) atoms. The third-order valence-corrected chi connectivity index (χ3v) is 22.4. The standard InChI is InChI=1S/C87H170O17P2/c1-6-9-12-15-18-21-24-27-29-31-33-34-36-38-40-42-47-52-57-62-67-72-86(91)103-82(77-98-85(90)71-66-61-56-51-46-41-39-37-35-32-30-28-25-22-19-16-13-10-7-2)78-101-105(93,94)99-74-81(88)75-100-106(95,96)102-79-83(76-97-84(89)70-65-60-55-50-45-26-23-20-17-14-11-8-3)104-87(92)73-68-63-58-53-48-43-44-49-54-59-64-69-80(4)5/h80-83,88H,6-79H2,1-5H3,(H,93,94)(H,95,96)/t81-,82-,83-/m1/s1. The van der Waals surface area contributed by atoms with Gasteiger partial charge in [-0.1, -0.05) is 420 Å². The fourth-order valence-corrected chi connectivity index (χ4v) is 15.2. The van der Waals surface area contributed by atoms with Gasteiger partial charge in [0.2, 0.25) is 0 Å². The van der Waals surface area contributed by atoms with Gasteiger partial charge in [0.15, 0.2) is 12.2 Å². The Balaban J connectivity index is 5.24. The van der Waals surface area contributed by atoms with Crippen LogP contribution in [0, 0.1) is 5.92 Å². The lowest BCUT2D eigenvalue weighted by molar-refractivity contribution is -0.161. The Morgan fingerprint density at radius 3 is 0.642 bits per heavy atom. The zero-order chi connectivity index (χ0) is 77.6. The van der Waals surface area contributed by atoms with E-state index in [9.17, 15) is 43.2 Å². The molecule has 19 heteroatoms. The first-order valence-corrected chi connectivity index (χ1v) is 48.1. The average molecular weight is 1550 g/mol. The third-order valence-electron chi connectivity index (χ3n) is 20.5. The molecule has 0 heterocycles. The van der Waals surface area contributed by atoms with Gasteiger partial charge in [-0.2, -0.15) is 0 Å². The monoisotopic (exact) mass is 1550 g/mol. The molecule has 0 saturated heterocycles. The number of rotatable bonds is 87. The summed E-state index contributed by atoms with van der Waals surface area (Å²) in [5.41, 5.74) is 0. The molecule has 0 aromatic carbocycles. The fraction of sp³-hybridized carbons (Fsp3) is 0.954. The van der Waals surface area contributed by atoms with E-state index in [0.29, 0.717) is 25.7 Å². The maximum absolute atomic E-state index is 13.2. The van der Waals surface area contributed by atoms with E-state index < -0.39 is 97.5 Å². The van der Waals surface area contributed by atoms with Crippen LogP contribution in [0.3, 0.4) is 0 Å². The molecule has 0 fully saturated rings. The molecule has 0 aliphatic heterocycles. The Bertz CT molecular complexity index is 2010. The van der Waals surface area contributed by atoms with Crippen LogP contribution in [0.1, 0.15) is 471 Å². The minimum absolute atomic E-state index is 0.107. The maximum Gasteiger partial charge on any atom is 0.472 e. The molecule has 0 radical (unpaired) electrons. The van der Waals surface area contributed by atoms with Crippen molar-refractivity contribution >= 4 is 39.5 Å². The van der Waals surface area contributed by atoms with Crippen molar-refractivity contribution in [3.05, 3.63) is 0 Å². The minimum atomic E-state index is -4.97. The lowest BCUT2D eigenvalue weighted by Crippen LogP contribution is -2.30. The molecular weight excluding hydrogens is 1380 g/mol. The summed E-state index contributed by atoms with van der Waals surface area (Å²) in [4.78, 5) is 73.3. The number of aliphatic hydroxyl groups excluding tert-OH is 1. The van der Waals surface area contributed by atoms with Gasteiger partial charge in [-0.3, -0.25) is 37.3 Å². The van der Waals surface area contributed by atoms with E-state index in [1.54, 1.807) is 0 Å². The summed E-state index contributed by atoms with van der Waals surface area (Å²) < 4.78 is 68.9. The average Bonchev–Trinajstić information content (AvgIpc) is 0.902. The zero-order valence-corrected chi connectivity index (χ0v) is 71.4. The summed E-state index contributed by atoms with van der Waals surface area (Å²) in [6.07, 6.45) is 73.6. The van der Waals surface area contributed by atoms with Crippen molar-refractivity contribution in [1.29, 1.82) is 0 Å². The van der Waals surface area contributed by atoms with Crippen molar-refractivity contribution in [1.82, 2.24) is 0 Å². The molecule has 0 aliphatic carbocycles. The summed E-state index contributed by atoms with van der Waals surface area (Å²) >= 11 is 0. The summed E-state index contributed by atoms with van der Waals surface area (Å²) in [6.45, 7) is 7.37. The Morgan fingerprint density at radius 2 is 0.434 bits per heavy atom. The van der Waals surface area contributed by atoms with Gasteiger partial charge in [0.05, 0.1) is 26.4 Å². The molecular formula is C87H170O17P2. The van der Waals surface area contributed by atoms with E-state index >= 15 is 0 Å². The fourth-order valence-electron chi connectivity index (χ4n) is 13.6. The highest BCUT2D eigenvalue weighted by molar-refractivity contribution is 7.47. The molecule has 0 spiro atoms. The molecule has 0 amide bonds. The quantitative estimate of drug-likeness (QED) is 0.0222. The smallest absolute Gasteiger partial charge is 0.462 e. The number of phosphoric ester groups is 2. The molecule has 0 aliphatic rings. The second-order valence-electron chi connectivity index (χ2n) is 31.8. The zero-order valence-electron chi connectivity index (χ0n) is 69.6. The van der Waals surface area contributed by atoms with E-state index in [0.717, 1.165) is 95.8 Å². The first-order chi connectivity index (χ1) is 51.5. The Labute approximate surface area is 651 Å². The molecule has 0 rings (SSSR count). The van der Waals surface area contributed by atoms with E-state index in [-0.39, 0.29) is 25.7 Å². The van der Waals surface area contributed by atoms with Gasteiger partial charge in [-0.15, -0.1) is 0 Å². The van der Waals surface area contributed by atoms with Crippen molar-refractivity contribution < 1.29 is 80.2 Å². The second kappa shape index (κ2) is 79.7. The molecule has 0 aromatic rings. The number of aliphatic hydroxyl groups is 1. The first-order valence-electron chi connectivity index (χ1n) is 45.1. The number of carbonyl (C=O) groups is 4. The topological polar surface area (TPSA) is 237 Å². The molecule has 0 aromatic heterocycles. The number of esters is 4. The normalized spacial score (nSPS) is 13.7. The minimum Gasteiger partial charge on any atom is -0.462 e. The van der Waals surface area contributed by atoms with E-state index in [1.807, 2.05) is 0 Å². The van der Waals surface area contributed by atoms with Crippen LogP contribution in [0.25, 0.3) is 0 Å². The number of unbranched alkanes of at least 4 members (excludes halogenated alkanes) is 59. The SMILES string of the molecule is CCCCCCCCCCCCCCCCCCCCCCCC(=O)O[C@H](COC(=O)CCCCCCCCCCCCCCCCCCCCC)COP(=O)(O)OC[C@@H](O)COP(=O)(O)OC[C@@H](COC(=O)CCCCCCCCCCCCCC)OC(=O)CCCCCCCCCCCCCC(C)C. The van der Waals surface area contributed by atoms with Gasteiger partial charge in [0.1, 0.15) is 19.3 Å². The number of carbonyl (C=O) groups excluding carboxylic acids is 4. The third kappa shape index (κ3) is 80.1. The second-order valence-corrected chi connectivity index (χ2v) is 34.7. The number of phosphoric acid groups is 2. The highest BCUT2D eigenvalue weighted by Gasteiger charge is 2.30. The van der Waals surface area contributed by atoms with Crippen molar-refractivity contribution in [3.63, 3.8) is 0 Å². The largest absolute Gasteiger partial charge is 0.472 e. The highest BCUT2D eigenvalue weighted by atomic mass is 31.2. The van der Waals surface area contributed by atoms with Gasteiger partial charge in [-0.25, -0.2) is 9.13 Å². The summed E-state index contributed by atoms with van der Waals surface area (Å²) in [7, 11) is -9.93. The summed E-state index contributed by atoms with van der Waals surface area (Å²) in [5, 5.41) is 10.7. The number of hydrogen-bond acceptors (Lipinski definition) is 15. The van der Waals surface area contributed by atoms with Gasteiger partial charge in [0.25, 0.3) is 0 Å². The summed E-state index contributed by atoms with van der Waals surface area (Å²) in [5.74, 6) is -1.33. The van der Waals surface area contributed by atoms with Crippen molar-refractivity contribution in [3.8, 4) is 0 Å². The Hall–Kier alpha value is -1.94. The molecule has 0 saturated carbocycles. The molecule has 2 unspecified atom stereocenters. The lowest BCUT2D eigenvalue weighted by Gasteiger charge is -2.21. The molecule has 5 atom stereocenters. The van der Waals surface area contributed by atoms with Crippen molar-refractivity contribution in [2.75, 3.05) is 39.6 Å². The van der Waals surface area contributed by atoms with Gasteiger partial charge >= 0.3 is 39.5 Å². The molecule has 630 valence electrons. The van der Waals surface area contributed by atoms with Crippen LogP contribution in [0.2, 0.25) is 0 Å². The highest BCUT2D eigenvalue weighted by Crippen LogP contribution is 2.45. The number of ether oxygens (including phenoxy) is 4. The van der Waals surface area contributed by atoms with Crippen LogP contribution in [-0.2, 0) is 65.4 Å². The van der Waals surface area contributed by atoms with Crippen molar-refractivity contribution in [2.24, 2.45) is 5.92 Å². The van der Waals surface area contributed by atoms with E-state index in [2.05, 4.69) is 34.6 Å². The number of hydrogen-bond donors (Lipinski definition) is 3.